The maximum atomic E-state index is 12.8. The summed E-state index contributed by atoms with van der Waals surface area (Å²) >= 11 is 0. The Morgan fingerprint density at radius 1 is 0.862 bits per heavy atom. The molecule has 2 atom stereocenters. The predicted molar refractivity (Wildman–Crippen MR) is 103 cm³/mol. The summed E-state index contributed by atoms with van der Waals surface area (Å²) in [5.74, 6) is -4.42. The number of hydrogen-bond donors (Lipinski definition) is 3. The van der Waals surface area contributed by atoms with Gasteiger partial charge < -0.3 is 15.5 Å². The summed E-state index contributed by atoms with van der Waals surface area (Å²) in [5, 5.41) is 22.2. The SMILES string of the molecule is O=C1c2ccccc2C(=O)c2cc(NC(=O)C3CC=CCC3C(=O)O)c(O)cc21. The zero-order chi connectivity index (χ0) is 20.7. The van der Waals surface area contributed by atoms with Crippen molar-refractivity contribution in [3.8, 4) is 5.75 Å². The van der Waals surface area contributed by atoms with E-state index in [-0.39, 0.29) is 58.1 Å². The molecule has 0 saturated carbocycles. The molecule has 0 aliphatic heterocycles. The summed E-state index contributed by atoms with van der Waals surface area (Å²) in [7, 11) is 0. The highest BCUT2D eigenvalue weighted by Crippen LogP contribution is 2.35. The minimum absolute atomic E-state index is 0.0343. The molecule has 146 valence electrons. The van der Waals surface area contributed by atoms with E-state index in [4.69, 9.17) is 0 Å². The lowest BCUT2D eigenvalue weighted by atomic mass is 9.82. The van der Waals surface area contributed by atoms with Gasteiger partial charge in [0.15, 0.2) is 11.6 Å². The van der Waals surface area contributed by atoms with Gasteiger partial charge in [-0.05, 0) is 25.0 Å². The van der Waals surface area contributed by atoms with E-state index >= 15 is 0 Å². The Balaban J connectivity index is 1.68. The van der Waals surface area contributed by atoms with Gasteiger partial charge in [0.2, 0.25) is 5.91 Å². The Bertz CT molecular complexity index is 1100. The Morgan fingerprint density at radius 3 is 2.00 bits per heavy atom. The number of aliphatic carboxylic acids is 1. The number of benzene rings is 2. The molecule has 0 spiro atoms. The van der Waals surface area contributed by atoms with Crippen LogP contribution in [0.3, 0.4) is 0 Å². The molecule has 0 heterocycles. The number of anilines is 1. The molecule has 0 bridgehead atoms. The van der Waals surface area contributed by atoms with Gasteiger partial charge in [0.25, 0.3) is 0 Å². The number of amides is 1. The van der Waals surface area contributed by atoms with Gasteiger partial charge in [0.1, 0.15) is 5.75 Å². The first-order valence-electron chi connectivity index (χ1n) is 9.12. The number of rotatable bonds is 3. The third kappa shape index (κ3) is 3.10. The molecule has 3 N–H and O–H groups in total. The predicted octanol–water partition coefficient (Wildman–Crippen LogP) is 2.77. The number of allylic oxidation sites excluding steroid dienone is 2. The van der Waals surface area contributed by atoms with E-state index in [0.717, 1.165) is 6.07 Å². The van der Waals surface area contributed by atoms with Gasteiger partial charge in [-0.1, -0.05) is 36.4 Å². The highest BCUT2D eigenvalue weighted by molar-refractivity contribution is 6.29. The van der Waals surface area contributed by atoms with Gasteiger partial charge in [-0.25, -0.2) is 0 Å². The van der Waals surface area contributed by atoms with Crippen LogP contribution in [0.4, 0.5) is 5.69 Å². The molecule has 29 heavy (non-hydrogen) atoms. The first-order valence-corrected chi connectivity index (χ1v) is 9.12. The number of nitrogens with one attached hydrogen (secondary N) is 1. The minimum Gasteiger partial charge on any atom is -0.506 e. The van der Waals surface area contributed by atoms with Crippen molar-refractivity contribution in [2.75, 3.05) is 5.32 Å². The molecule has 0 aromatic heterocycles. The fourth-order valence-corrected chi connectivity index (χ4v) is 3.84. The molecule has 2 aliphatic carbocycles. The Morgan fingerprint density at radius 2 is 1.41 bits per heavy atom. The molecule has 4 rings (SSSR count). The molecule has 2 aromatic carbocycles. The Kier molecular flexibility index (Phi) is 4.50. The molecule has 0 radical (unpaired) electrons. The third-order valence-corrected chi connectivity index (χ3v) is 5.39. The van der Waals surface area contributed by atoms with Gasteiger partial charge in [0.05, 0.1) is 17.5 Å². The number of carbonyl (C=O) groups excluding carboxylic acids is 3. The second-order valence-corrected chi connectivity index (χ2v) is 7.10. The molecule has 2 unspecified atom stereocenters. The number of ketones is 2. The maximum absolute atomic E-state index is 12.8. The standard InChI is InChI=1S/C22H17NO6/c24-18-10-16-15(19(25)11-5-1-2-6-12(11)20(16)26)9-17(18)23-21(27)13-7-3-4-8-14(13)22(28)29/h1-6,9-10,13-14,24H,7-8H2,(H,23,27)(H,28,29). The van der Waals surface area contributed by atoms with E-state index < -0.39 is 23.7 Å². The van der Waals surface area contributed by atoms with Crippen molar-refractivity contribution in [2.24, 2.45) is 11.8 Å². The van der Waals surface area contributed by atoms with Crippen LogP contribution in [0.5, 0.6) is 5.75 Å². The van der Waals surface area contributed by atoms with Crippen LogP contribution in [0.2, 0.25) is 0 Å². The van der Waals surface area contributed by atoms with E-state index in [1.165, 1.54) is 6.07 Å². The number of phenolic OH excluding ortho intramolecular Hbond substituents is 1. The van der Waals surface area contributed by atoms with Crippen molar-refractivity contribution in [2.45, 2.75) is 12.8 Å². The first-order chi connectivity index (χ1) is 13.9. The van der Waals surface area contributed by atoms with Crippen LogP contribution in [0.15, 0.2) is 48.6 Å². The van der Waals surface area contributed by atoms with Crippen molar-refractivity contribution in [3.63, 3.8) is 0 Å². The van der Waals surface area contributed by atoms with Gasteiger partial charge in [-0.2, -0.15) is 0 Å². The maximum Gasteiger partial charge on any atom is 0.307 e. The summed E-state index contributed by atoms with van der Waals surface area (Å²) in [6, 6.07) is 8.84. The van der Waals surface area contributed by atoms with Crippen LogP contribution in [0.1, 0.15) is 44.7 Å². The number of hydrogen-bond acceptors (Lipinski definition) is 5. The number of fused-ring (bicyclic) bond motifs is 2. The largest absolute Gasteiger partial charge is 0.506 e. The lowest BCUT2D eigenvalue weighted by Crippen LogP contribution is -2.34. The second kappa shape index (κ2) is 7.01. The summed E-state index contributed by atoms with van der Waals surface area (Å²) in [4.78, 5) is 49.6. The summed E-state index contributed by atoms with van der Waals surface area (Å²) in [6.45, 7) is 0. The molecule has 7 nitrogen and oxygen atoms in total. The number of carboxylic acid groups (broad SMARTS) is 1. The Labute approximate surface area is 165 Å². The lowest BCUT2D eigenvalue weighted by molar-refractivity contribution is -0.146. The van der Waals surface area contributed by atoms with Crippen molar-refractivity contribution in [1.29, 1.82) is 0 Å². The number of aromatic hydroxyl groups is 1. The van der Waals surface area contributed by atoms with E-state index in [0.29, 0.717) is 0 Å². The second-order valence-electron chi connectivity index (χ2n) is 7.10. The highest BCUT2D eigenvalue weighted by Gasteiger charge is 2.35. The van der Waals surface area contributed by atoms with Crippen LogP contribution >= 0.6 is 0 Å². The number of carboxylic acids is 1. The van der Waals surface area contributed by atoms with Crippen LogP contribution in [0.25, 0.3) is 0 Å². The molecule has 1 amide bonds. The molecule has 2 aliphatic rings. The topological polar surface area (TPSA) is 121 Å². The van der Waals surface area contributed by atoms with Crippen molar-refractivity contribution < 1.29 is 29.4 Å². The van der Waals surface area contributed by atoms with Crippen LogP contribution < -0.4 is 5.32 Å². The third-order valence-electron chi connectivity index (χ3n) is 5.39. The van der Waals surface area contributed by atoms with Crippen LogP contribution in [0, 0.1) is 11.8 Å². The number of phenols is 1. The van der Waals surface area contributed by atoms with Gasteiger partial charge in [-0.3, -0.25) is 19.2 Å². The zero-order valence-corrected chi connectivity index (χ0v) is 15.2. The van der Waals surface area contributed by atoms with E-state index in [9.17, 15) is 29.4 Å². The first kappa shape index (κ1) is 18.6. The smallest absolute Gasteiger partial charge is 0.307 e. The van der Waals surface area contributed by atoms with Gasteiger partial charge in [-0.15, -0.1) is 0 Å². The summed E-state index contributed by atoms with van der Waals surface area (Å²) in [5.41, 5.74) is 0.636. The van der Waals surface area contributed by atoms with E-state index in [1.807, 2.05) is 0 Å². The van der Waals surface area contributed by atoms with Crippen LogP contribution in [-0.2, 0) is 9.59 Å². The monoisotopic (exact) mass is 391 g/mol. The lowest BCUT2D eigenvalue weighted by Gasteiger charge is -2.25. The van der Waals surface area contributed by atoms with E-state index in [1.54, 1.807) is 36.4 Å². The molecular formula is C22H17NO6. The molecule has 0 fully saturated rings. The number of carbonyl (C=O) groups is 4. The molecular weight excluding hydrogens is 374 g/mol. The average molecular weight is 391 g/mol. The average Bonchev–Trinajstić information content (AvgIpc) is 2.73. The van der Waals surface area contributed by atoms with Crippen molar-refractivity contribution >= 4 is 29.1 Å². The zero-order valence-electron chi connectivity index (χ0n) is 15.2. The summed E-state index contributed by atoms with van der Waals surface area (Å²) < 4.78 is 0. The van der Waals surface area contributed by atoms with Gasteiger partial charge in [0, 0.05) is 22.3 Å². The molecule has 7 heteroatoms. The summed E-state index contributed by atoms with van der Waals surface area (Å²) in [6.07, 6.45) is 3.98. The molecule has 0 saturated heterocycles. The normalized spacial score (nSPS) is 20.0. The van der Waals surface area contributed by atoms with Crippen LogP contribution in [-0.4, -0.2) is 33.7 Å². The fourth-order valence-electron chi connectivity index (χ4n) is 3.84. The van der Waals surface area contributed by atoms with E-state index in [2.05, 4.69) is 5.32 Å². The fraction of sp³-hybridized carbons (Fsp3) is 0.182. The highest BCUT2D eigenvalue weighted by atomic mass is 16.4. The quantitative estimate of drug-likeness (QED) is 0.466. The van der Waals surface area contributed by atoms with Crippen molar-refractivity contribution in [1.82, 2.24) is 0 Å². The minimum atomic E-state index is -1.07. The molecule has 2 aromatic rings. The van der Waals surface area contributed by atoms with Crippen molar-refractivity contribution in [3.05, 3.63) is 70.8 Å². The Hall–Kier alpha value is -3.74. The van der Waals surface area contributed by atoms with Gasteiger partial charge >= 0.3 is 5.97 Å².